The number of nitrogens with one attached hydrogen (secondary N) is 1. The van der Waals surface area contributed by atoms with Crippen molar-refractivity contribution in [2.24, 2.45) is 11.3 Å². The Balaban J connectivity index is 1.75. The maximum atomic E-state index is 10.1. The van der Waals surface area contributed by atoms with Gasteiger partial charge in [-0.2, -0.15) is 0 Å². The second kappa shape index (κ2) is 5.50. The summed E-state index contributed by atoms with van der Waals surface area (Å²) in [7, 11) is 0. The van der Waals surface area contributed by atoms with Crippen LogP contribution in [0.25, 0.3) is 0 Å². The van der Waals surface area contributed by atoms with Crippen molar-refractivity contribution in [1.29, 1.82) is 0 Å². The lowest BCUT2D eigenvalue weighted by molar-refractivity contribution is -0.0335. The standard InChI is InChI=1S/C16H31NO/c1-15(2,3)13-6-4-7-14(9-8-13)17-12-16(18)10-5-11-16/h13-14,17-18H,4-12H2,1-3H3. The normalized spacial score (nSPS) is 32.7. The van der Waals surface area contributed by atoms with E-state index in [1.807, 2.05) is 0 Å². The molecule has 106 valence electrons. The zero-order valence-corrected chi connectivity index (χ0v) is 12.5. The lowest BCUT2D eigenvalue weighted by Crippen LogP contribution is -2.48. The smallest absolute Gasteiger partial charge is 0.0771 e. The average molecular weight is 253 g/mol. The fraction of sp³-hybridized carbons (Fsp3) is 1.00. The fourth-order valence-corrected chi connectivity index (χ4v) is 3.47. The highest BCUT2D eigenvalue weighted by molar-refractivity contribution is 4.91. The molecule has 0 amide bonds. The SMILES string of the molecule is CC(C)(C)C1CCCC(NCC2(O)CCC2)CC1. The van der Waals surface area contributed by atoms with E-state index in [0.29, 0.717) is 11.5 Å². The largest absolute Gasteiger partial charge is 0.389 e. The maximum Gasteiger partial charge on any atom is 0.0771 e. The van der Waals surface area contributed by atoms with Gasteiger partial charge in [0, 0.05) is 12.6 Å². The molecule has 2 nitrogen and oxygen atoms in total. The quantitative estimate of drug-likeness (QED) is 0.755. The van der Waals surface area contributed by atoms with E-state index in [4.69, 9.17) is 0 Å². The van der Waals surface area contributed by atoms with Crippen LogP contribution in [0.4, 0.5) is 0 Å². The molecule has 2 aliphatic rings. The molecule has 2 fully saturated rings. The molecule has 2 rings (SSSR count). The lowest BCUT2D eigenvalue weighted by Gasteiger charge is -2.38. The van der Waals surface area contributed by atoms with Crippen LogP contribution in [0.15, 0.2) is 0 Å². The van der Waals surface area contributed by atoms with Gasteiger partial charge in [-0.1, -0.05) is 27.2 Å². The fourth-order valence-electron chi connectivity index (χ4n) is 3.47. The lowest BCUT2D eigenvalue weighted by atomic mass is 9.76. The molecule has 0 aliphatic heterocycles. The van der Waals surface area contributed by atoms with Gasteiger partial charge in [-0.25, -0.2) is 0 Å². The molecule has 0 aromatic rings. The molecule has 2 saturated carbocycles. The highest BCUT2D eigenvalue weighted by atomic mass is 16.3. The first-order chi connectivity index (χ1) is 8.39. The summed E-state index contributed by atoms with van der Waals surface area (Å²) in [5.41, 5.74) is 0.0940. The number of aliphatic hydroxyl groups is 1. The topological polar surface area (TPSA) is 32.3 Å². The van der Waals surface area contributed by atoms with Crippen LogP contribution in [0.2, 0.25) is 0 Å². The Bertz CT molecular complexity index is 265. The molecule has 2 atom stereocenters. The summed E-state index contributed by atoms with van der Waals surface area (Å²) in [6, 6.07) is 0.641. The molecule has 2 unspecified atom stereocenters. The summed E-state index contributed by atoms with van der Waals surface area (Å²) in [6.45, 7) is 7.95. The highest BCUT2D eigenvalue weighted by Crippen LogP contribution is 2.37. The Kier molecular flexibility index (Phi) is 4.38. The van der Waals surface area contributed by atoms with Crippen LogP contribution in [0.1, 0.15) is 72.1 Å². The average Bonchev–Trinajstić information content (AvgIpc) is 2.48. The van der Waals surface area contributed by atoms with E-state index in [1.165, 1.54) is 38.5 Å². The maximum absolute atomic E-state index is 10.1. The van der Waals surface area contributed by atoms with E-state index in [-0.39, 0.29) is 5.60 Å². The molecule has 0 aromatic carbocycles. The van der Waals surface area contributed by atoms with Crippen LogP contribution in [-0.2, 0) is 0 Å². The Morgan fingerprint density at radius 1 is 1.06 bits per heavy atom. The van der Waals surface area contributed by atoms with E-state index in [1.54, 1.807) is 0 Å². The number of hydrogen-bond acceptors (Lipinski definition) is 2. The molecule has 0 heterocycles. The van der Waals surface area contributed by atoms with Gasteiger partial charge in [-0.15, -0.1) is 0 Å². The van der Waals surface area contributed by atoms with E-state index in [2.05, 4.69) is 26.1 Å². The van der Waals surface area contributed by atoms with Gasteiger partial charge in [0.15, 0.2) is 0 Å². The van der Waals surface area contributed by atoms with Crippen LogP contribution in [0.3, 0.4) is 0 Å². The molecule has 0 radical (unpaired) electrons. The minimum absolute atomic E-state index is 0.365. The van der Waals surface area contributed by atoms with Crippen molar-refractivity contribution in [2.75, 3.05) is 6.54 Å². The van der Waals surface area contributed by atoms with E-state index < -0.39 is 0 Å². The Morgan fingerprint density at radius 2 is 1.78 bits per heavy atom. The third-order valence-corrected chi connectivity index (χ3v) is 5.20. The summed E-state index contributed by atoms with van der Waals surface area (Å²) in [5.74, 6) is 0.871. The summed E-state index contributed by atoms with van der Waals surface area (Å²) in [5, 5.41) is 13.8. The third-order valence-electron chi connectivity index (χ3n) is 5.20. The molecule has 18 heavy (non-hydrogen) atoms. The molecule has 0 aromatic heterocycles. The minimum atomic E-state index is -0.365. The second-order valence-corrected chi connectivity index (χ2v) is 7.73. The van der Waals surface area contributed by atoms with E-state index in [0.717, 1.165) is 25.3 Å². The first-order valence-corrected chi connectivity index (χ1v) is 7.85. The van der Waals surface area contributed by atoms with Gasteiger partial charge in [0.1, 0.15) is 0 Å². The molecule has 2 heteroatoms. The van der Waals surface area contributed by atoms with Crippen LogP contribution < -0.4 is 5.32 Å². The van der Waals surface area contributed by atoms with Gasteiger partial charge in [-0.3, -0.25) is 0 Å². The molecule has 0 bridgehead atoms. The number of rotatable bonds is 3. The summed E-state index contributed by atoms with van der Waals surface area (Å²) in [4.78, 5) is 0. The molecule has 0 spiro atoms. The van der Waals surface area contributed by atoms with Gasteiger partial charge in [-0.05, 0) is 56.3 Å². The Labute approximate surface area is 113 Å². The predicted octanol–water partition coefficient (Wildman–Crippen LogP) is 3.49. The van der Waals surface area contributed by atoms with Crippen LogP contribution in [0.5, 0.6) is 0 Å². The highest BCUT2D eigenvalue weighted by Gasteiger charge is 2.35. The van der Waals surface area contributed by atoms with Gasteiger partial charge in [0.2, 0.25) is 0 Å². The van der Waals surface area contributed by atoms with Crippen LogP contribution >= 0.6 is 0 Å². The first kappa shape index (κ1) is 14.3. The molecule has 0 saturated heterocycles. The van der Waals surface area contributed by atoms with E-state index in [9.17, 15) is 5.11 Å². The monoisotopic (exact) mass is 253 g/mol. The minimum Gasteiger partial charge on any atom is -0.389 e. The predicted molar refractivity (Wildman–Crippen MR) is 76.6 cm³/mol. The molecule has 2 aliphatic carbocycles. The van der Waals surface area contributed by atoms with Gasteiger partial charge >= 0.3 is 0 Å². The van der Waals surface area contributed by atoms with Crippen molar-refractivity contribution in [3.05, 3.63) is 0 Å². The first-order valence-electron chi connectivity index (χ1n) is 7.85. The third kappa shape index (κ3) is 3.71. The second-order valence-electron chi connectivity index (χ2n) is 7.73. The zero-order chi connectivity index (χ0) is 13.2. The Morgan fingerprint density at radius 3 is 2.33 bits per heavy atom. The molecular weight excluding hydrogens is 222 g/mol. The van der Waals surface area contributed by atoms with Gasteiger partial charge in [0.25, 0.3) is 0 Å². The summed E-state index contributed by atoms with van der Waals surface area (Å²) < 4.78 is 0. The zero-order valence-electron chi connectivity index (χ0n) is 12.5. The molecular formula is C16H31NO. The van der Waals surface area contributed by atoms with Gasteiger partial charge in [0.05, 0.1) is 5.60 Å². The van der Waals surface area contributed by atoms with Crippen molar-refractivity contribution >= 4 is 0 Å². The van der Waals surface area contributed by atoms with Gasteiger partial charge < -0.3 is 10.4 Å². The van der Waals surface area contributed by atoms with Crippen molar-refractivity contribution in [2.45, 2.75) is 83.8 Å². The van der Waals surface area contributed by atoms with E-state index >= 15 is 0 Å². The molecule has 2 N–H and O–H groups in total. The van der Waals surface area contributed by atoms with Crippen LogP contribution in [0, 0.1) is 11.3 Å². The van der Waals surface area contributed by atoms with Crippen molar-refractivity contribution in [1.82, 2.24) is 5.32 Å². The van der Waals surface area contributed by atoms with Crippen molar-refractivity contribution in [3.63, 3.8) is 0 Å². The van der Waals surface area contributed by atoms with Crippen molar-refractivity contribution in [3.8, 4) is 0 Å². The summed E-state index contributed by atoms with van der Waals surface area (Å²) in [6.07, 6.45) is 9.86. The van der Waals surface area contributed by atoms with Crippen molar-refractivity contribution < 1.29 is 5.11 Å². The van der Waals surface area contributed by atoms with Crippen LogP contribution in [-0.4, -0.2) is 23.3 Å². The number of hydrogen-bond donors (Lipinski definition) is 2. The Hall–Kier alpha value is -0.0800. The summed E-state index contributed by atoms with van der Waals surface area (Å²) >= 11 is 0.